The molecule has 2 amide bonds. The van der Waals surface area contributed by atoms with Gasteiger partial charge in [-0.25, -0.2) is 13.6 Å². The molecule has 122 valence electrons. The van der Waals surface area contributed by atoms with Crippen molar-refractivity contribution in [2.75, 3.05) is 0 Å². The summed E-state index contributed by atoms with van der Waals surface area (Å²) >= 11 is 0. The fourth-order valence-corrected chi connectivity index (χ4v) is 2.89. The van der Waals surface area contributed by atoms with Crippen molar-refractivity contribution in [2.45, 2.75) is 64.0 Å². The molecule has 0 radical (unpaired) electrons. The van der Waals surface area contributed by atoms with Crippen LogP contribution in [0.25, 0.3) is 0 Å². The summed E-state index contributed by atoms with van der Waals surface area (Å²) in [5, 5.41) is 5.78. The normalized spacial score (nSPS) is 18.1. The van der Waals surface area contributed by atoms with Gasteiger partial charge in [-0.3, -0.25) is 0 Å². The fourth-order valence-electron chi connectivity index (χ4n) is 2.89. The van der Waals surface area contributed by atoms with Crippen LogP contribution >= 0.6 is 0 Å². The highest BCUT2D eigenvalue weighted by Crippen LogP contribution is 2.18. The first-order chi connectivity index (χ1) is 10.6. The van der Waals surface area contributed by atoms with Crippen molar-refractivity contribution in [3.63, 3.8) is 0 Å². The molecule has 1 fully saturated rings. The minimum absolute atomic E-state index is 0.206. The molecule has 0 aromatic heterocycles. The second-order valence-corrected chi connectivity index (χ2v) is 6.06. The summed E-state index contributed by atoms with van der Waals surface area (Å²) in [5.41, 5.74) is 0.548. The zero-order valence-corrected chi connectivity index (χ0v) is 13.0. The first-order valence-electron chi connectivity index (χ1n) is 8.08. The van der Waals surface area contributed by atoms with E-state index in [1.54, 1.807) is 6.92 Å². The highest BCUT2D eigenvalue weighted by Gasteiger charge is 2.16. The molecular weight excluding hydrogens is 286 g/mol. The number of carbonyl (C=O) groups is 1. The van der Waals surface area contributed by atoms with E-state index in [4.69, 9.17) is 0 Å². The van der Waals surface area contributed by atoms with Crippen molar-refractivity contribution in [3.8, 4) is 0 Å². The summed E-state index contributed by atoms with van der Waals surface area (Å²) < 4.78 is 26.2. The number of halogens is 2. The zero-order valence-electron chi connectivity index (χ0n) is 13.0. The van der Waals surface area contributed by atoms with E-state index in [1.807, 2.05) is 0 Å². The topological polar surface area (TPSA) is 41.1 Å². The summed E-state index contributed by atoms with van der Waals surface area (Å²) in [6.45, 7) is 1.75. The maximum Gasteiger partial charge on any atom is 0.315 e. The van der Waals surface area contributed by atoms with E-state index in [2.05, 4.69) is 10.6 Å². The lowest BCUT2D eigenvalue weighted by Gasteiger charge is -2.23. The number of urea groups is 1. The van der Waals surface area contributed by atoms with Crippen LogP contribution in [0.4, 0.5) is 13.6 Å². The molecule has 1 atom stereocenters. The van der Waals surface area contributed by atoms with Crippen molar-refractivity contribution >= 4 is 6.03 Å². The number of benzene rings is 1. The molecule has 0 saturated heterocycles. The molecule has 1 saturated carbocycles. The van der Waals surface area contributed by atoms with Crippen LogP contribution in [-0.2, 0) is 0 Å². The van der Waals surface area contributed by atoms with Gasteiger partial charge in [0.1, 0.15) is 0 Å². The third kappa shape index (κ3) is 4.97. The maximum absolute atomic E-state index is 13.2. The van der Waals surface area contributed by atoms with Gasteiger partial charge < -0.3 is 10.6 Å². The van der Waals surface area contributed by atoms with Gasteiger partial charge >= 0.3 is 6.03 Å². The molecule has 0 aliphatic heterocycles. The number of hydrogen-bond acceptors (Lipinski definition) is 1. The third-order valence-electron chi connectivity index (χ3n) is 4.23. The molecule has 0 heterocycles. The van der Waals surface area contributed by atoms with E-state index < -0.39 is 11.6 Å². The van der Waals surface area contributed by atoms with Crippen LogP contribution in [0.15, 0.2) is 18.2 Å². The molecule has 22 heavy (non-hydrogen) atoms. The fraction of sp³-hybridized carbons (Fsp3) is 0.588. The number of nitrogens with one attached hydrogen (secondary N) is 2. The van der Waals surface area contributed by atoms with Crippen molar-refractivity contribution in [1.82, 2.24) is 10.6 Å². The Morgan fingerprint density at radius 3 is 2.36 bits per heavy atom. The second kappa shape index (κ2) is 8.11. The predicted molar refractivity (Wildman–Crippen MR) is 82.5 cm³/mol. The van der Waals surface area contributed by atoms with E-state index in [-0.39, 0.29) is 18.1 Å². The molecular formula is C17H24F2N2O. The zero-order chi connectivity index (χ0) is 15.9. The van der Waals surface area contributed by atoms with Crippen LogP contribution in [-0.4, -0.2) is 12.1 Å². The number of hydrogen-bond donors (Lipinski definition) is 2. The van der Waals surface area contributed by atoms with Gasteiger partial charge in [0.15, 0.2) is 11.6 Å². The van der Waals surface area contributed by atoms with Gasteiger partial charge in [0.2, 0.25) is 0 Å². The summed E-state index contributed by atoms with van der Waals surface area (Å²) in [4.78, 5) is 12.1. The Hall–Kier alpha value is -1.65. The maximum atomic E-state index is 13.2. The minimum atomic E-state index is -0.897. The molecule has 5 heteroatoms. The molecule has 1 unspecified atom stereocenters. The smallest absolute Gasteiger partial charge is 0.315 e. The van der Waals surface area contributed by atoms with Crippen LogP contribution in [0, 0.1) is 11.6 Å². The Morgan fingerprint density at radius 2 is 1.73 bits per heavy atom. The van der Waals surface area contributed by atoms with Crippen molar-refractivity contribution < 1.29 is 13.6 Å². The van der Waals surface area contributed by atoms with E-state index in [0.29, 0.717) is 5.56 Å². The van der Waals surface area contributed by atoms with Gasteiger partial charge in [0.25, 0.3) is 0 Å². The molecule has 1 aliphatic rings. The molecule has 0 spiro atoms. The summed E-state index contributed by atoms with van der Waals surface area (Å²) in [7, 11) is 0. The monoisotopic (exact) mass is 310 g/mol. The quantitative estimate of drug-likeness (QED) is 0.851. The molecule has 2 rings (SSSR count). The van der Waals surface area contributed by atoms with Crippen molar-refractivity contribution in [3.05, 3.63) is 35.4 Å². The average Bonchev–Trinajstić information content (AvgIpc) is 2.44. The first-order valence-corrected chi connectivity index (χ1v) is 8.08. The van der Waals surface area contributed by atoms with Crippen LogP contribution in [0.1, 0.15) is 63.5 Å². The van der Waals surface area contributed by atoms with E-state index in [9.17, 15) is 13.6 Å². The Balaban J connectivity index is 1.85. The van der Waals surface area contributed by atoms with Gasteiger partial charge in [-0.1, -0.05) is 38.2 Å². The lowest BCUT2D eigenvalue weighted by atomic mass is 9.97. The van der Waals surface area contributed by atoms with Gasteiger partial charge in [0.05, 0.1) is 6.04 Å². The lowest BCUT2D eigenvalue weighted by molar-refractivity contribution is 0.231. The van der Waals surface area contributed by atoms with Gasteiger partial charge in [-0.05, 0) is 37.5 Å². The van der Waals surface area contributed by atoms with E-state index in [1.165, 1.54) is 25.3 Å². The Bertz CT molecular complexity index is 499. The largest absolute Gasteiger partial charge is 0.335 e. The highest BCUT2D eigenvalue weighted by atomic mass is 19.2. The summed E-state index contributed by atoms with van der Waals surface area (Å²) in [6, 6.07) is 3.27. The Morgan fingerprint density at radius 1 is 1.09 bits per heavy atom. The molecule has 1 aliphatic carbocycles. The Kier molecular flexibility index (Phi) is 6.16. The van der Waals surface area contributed by atoms with Crippen LogP contribution in [0.3, 0.4) is 0 Å². The molecule has 1 aromatic carbocycles. The molecule has 3 nitrogen and oxygen atoms in total. The third-order valence-corrected chi connectivity index (χ3v) is 4.23. The number of rotatable bonds is 3. The average molecular weight is 310 g/mol. The summed E-state index contributed by atoms with van der Waals surface area (Å²) in [5.74, 6) is -1.78. The second-order valence-electron chi connectivity index (χ2n) is 6.06. The lowest BCUT2D eigenvalue weighted by Crippen LogP contribution is -2.43. The summed E-state index contributed by atoms with van der Waals surface area (Å²) in [6.07, 6.45) is 8.04. The Labute approximate surface area is 130 Å². The van der Waals surface area contributed by atoms with Crippen LogP contribution < -0.4 is 10.6 Å². The van der Waals surface area contributed by atoms with E-state index >= 15 is 0 Å². The van der Waals surface area contributed by atoms with Crippen LogP contribution in [0.2, 0.25) is 0 Å². The van der Waals surface area contributed by atoms with Crippen molar-refractivity contribution in [2.24, 2.45) is 0 Å². The first kappa shape index (κ1) is 16.7. The number of carbonyl (C=O) groups excluding carboxylic acids is 1. The standard InChI is InChI=1S/C17H24F2N2O/c1-12(13-9-10-15(18)16(19)11-13)20-17(22)21-14-7-5-3-2-4-6-8-14/h9-12,14H,2-8H2,1H3,(H2,20,21,22). The molecule has 2 N–H and O–H groups in total. The van der Waals surface area contributed by atoms with E-state index in [0.717, 1.165) is 37.8 Å². The molecule has 1 aromatic rings. The van der Waals surface area contributed by atoms with Gasteiger partial charge in [-0.2, -0.15) is 0 Å². The highest BCUT2D eigenvalue weighted by molar-refractivity contribution is 5.74. The van der Waals surface area contributed by atoms with Gasteiger partial charge in [0, 0.05) is 6.04 Å². The predicted octanol–water partition coefficient (Wildman–Crippen LogP) is 4.44. The SMILES string of the molecule is CC(NC(=O)NC1CCCCCCC1)c1ccc(F)c(F)c1. The van der Waals surface area contributed by atoms with Crippen LogP contribution in [0.5, 0.6) is 0 Å². The minimum Gasteiger partial charge on any atom is -0.335 e. The van der Waals surface area contributed by atoms with Gasteiger partial charge in [-0.15, -0.1) is 0 Å². The number of amides is 2. The molecule has 0 bridgehead atoms. The van der Waals surface area contributed by atoms with Crippen molar-refractivity contribution in [1.29, 1.82) is 0 Å².